The van der Waals surface area contributed by atoms with Crippen LogP contribution in [0.2, 0.25) is 0 Å². The van der Waals surface area contributed by atoms with E-state index in [1.54, 1.807) is 11.3 Å². The van der Waals surface area contributed by atoms with Gasteiger partial charge in [0, 0.05) is 22.3 Å². The lowest BCUT2D eigenvalue weighted by atomic mass is 10.0. The molecule has 2 rings (SSSR count). The number of aromatic nitrogens is 1. The van der Waals surface area contributed by atoms with Gasteiger partial charge >= 0.3 is 0 Å². The molecule has 1 heterocycles. The lowest BCUT2D eigenvalue weighted by Crippen LogP contribution is -2.13. The first-order chi connectivity index (χ1) is 7.65. The molecule has 16 heavy (non-hydrogen) atoms. The summed E-state index contributed by atoms with van der Waals surface area (Å²) in [4.78, 5) is 4.42. The molecular weight excluding hydrogens is 284 g/mol. The first-order valence-electron chi connectivity index (χ1n) is 5.07. The average molecular weight is 297 g/mol. The first-order valence-corrected chi connectivity index (χ1v) is 6.74. The summed E-state index contributed by atoms with van der Waals surface area (Å²) < 4.78 is 1.08. The van der Waals surface area contributed by atoms with Gasteiger partial charge in [0.25, 0.3) is 0 Å². The van der Waals surface area contributed by atoms with Crippen LogP contribution in [0.15, 0.2) is 34.1 Å². The molecule has 1 aromatic carbocycles. The minimum atomic E-state index is 0.0228. The predicted molar refractivity (Wildman–Crippen MR) is 71.6 cm³/mol. The predicted octanol–water partition coefficient (Wildman–Crippen LogP) is 3.46. The van der Waals surface area contributed by atoms with Crippen molar-refractivity contribution in [2.24, 2.45) is 5.73 Å². The van der Waals surface area contributed by atoms with Crippen molar-refractivity contribution in [2.75, 3.05) is 0 Å². The standard InChI is InChI=1S/C12H13BrN2S/c1-8-15-11(7-16-8)6-12(14)9-2-4-10(13)5-3-9/h2-5,7,12H,6,14H2,1H3. The van der Waals surface area contributed by atoms with Crippen LogP contribution in [0.3, 0.4) is 0 Å². The van der Waals surface area contributed by atoms with Gasteiger partial charge in [-0.15, -0.1) is 11.3 Å². The van der Waals surface area contributed by atoms with Crippen molar-refractivity contribution in [3.8, 4) is 0 Å². The Morgan fingerprint density at radius 3 is 2.62 bits per heavy atom. The largest absolute Gasteiger partial charge is 0.324 e. The molecule has 0 aliphatic heterocycles. The van der Waals surface area contributed by atoms with Crippen LogP contribution in [0.4, 0.5) is 0 Å². The molecule has 1 atom stereocenters. The topological polar surface area (TPSA) is 38.9 Å². The van der Waals surface area contributed by atoms with Gasteiger partial charge in [-0.3, -0.25) is 0 Å². The van der Waals surface area contributed by atoms with Crippen molar-refractivity contribution in [1.29, 1.82) is 0 Å². The highest BCUT2D eigenvalue weighted by molar-refractivity contribution is 9.10. The molecule has 1 aromatic heterocycles. The Balaban J connectivity index is 2.08. The third kappa shape index (κ3) is 2.90. The average Bonchev–Trinajstić information content (AvgIpc) is 2.65. The SMILES string of the molecule is Cc1nc(CC(N)c2ccc(Br)cc2)cs1. The number of hydrogen-bond donors (Lipinski definition) is 1. The van der Waals surface area contributed by atoms with Gasteiger partial charge in [0.15, 0.2) is 0 Å². The molecule has 1 unspecified atom stereocenters. The lowest BCUT2D eigenvalue weighted by molar-refractivity contribution is 0.709. The van der Waals surface area contributed by atoms with Gasteiger partial charge in [-0.1, -0.05) is 28.1 Å². The van der Waals surface area contributed by atoms with E-state index in [0.29, 0.717) is 0 Å². The van der Waals surface area contributed by atoms with Crippen LogP contribution < -0.4 is 5.73 Å². The second kappa shape index (κ2) is 5.08. The molecule has 2 aromatic rings. The highest BCUT2D eigenvalue weighted by Gasteiger charge is 2.08. The van der Waals surface area contributed by atoms with E-state index in [9.17, 15) is 0 Å². The fourth-order valence-electron chi connectivity index (χ4n) is 1.56. The van der Waals surface area contributed by atoms with E-state index >= 15 is 0 Å². The van der Waals surface area contributed by atoms with Gasteiger partial charge in [-0.25, -0.2) is 4.98 Å². The van der Waals surface area contributed by atoms with Gasteiger partial charge in [-0.2, -0.15) is 0 Å². The molecule has 0 fully saturated rings. The Kier molecular flexibility index (Phi) is 3.74. The zero-order valence-electron chi connectivity index (χ0n) is 8.98. The van der Waals surface area contributed by atoms with Crippen molar-refractivity contribution >= 4 is 27.3 Å². The molecule has 0 aliphatic rings. The first kappa shape index (κ1) is 11.8. The molecular formula is C12H13BrN2S. The molecule has 2 nitrogen and oxygen atoms in total. The Morgan fingerprint density at radius 1 is 1.38 bits per heavy atom. The van der Waals surface area contributed by atoms with E-state index in [1.165, 1.54) is 0 Å². The number of nitrogens with two attached hydrogens (primary N) is 1. The third-order valence-electron chi connectivity index (χ3n) is 2.39. The van der Waals surface area contributed by atoms with Crippen molar-refractivity contribution in [1.82, 2.24) is 4.98 Å². The van der Waals surface area contributed by atoms with E-state index in [-0.39, 0.29) is 6.04 Å². The third-order valence-corrected chi connectivity index (χ3v) is 3.74. The minimum Gasteiger partial charge on any atom is -0.324 e. The normalized spacial score (nSPS) is 12.7. The number of hydrogen-bond acceptors (Lipinski definition) is 3. The second-order valence-electron chi connectivity index (χ2n) is 3.72. The summed E-state index contributed by atoms with van der Waals surface area (Å²) in [5, 5.41) is 3.17. The number of nitrogens with zero attached hydrogens (tertiary/aromatic N) is 1. The van der Waals surface area contributed by atoms with Crippen LogP contribution in [0, 0.1) is 6.92 Å². The van der Waals surface area contributed by atoms with Crippen LogP contribution in [0.1, 0.15) is 22.3 Å². The molecule has 0 radical (unpaired) electrons. The van der Waals surface area contributed by atoms with Gasteiger partial charge in [0.05, 0.1) is 10.7 Å². The summed E-state index contributed by atoms with van der Waals surface area (Å²) in [5.74, 6) is 0. The van der Waals surface area contributed by atoms with Crippen LogP contribution in [-0.4, -0.2) is 4.98 Å². The smallest absolute Gasteiger partial charge is 0.0897 e. The Morgan fingerprint density at radius 2 is 2.06 bits per heavy atom. The lowest BCUT2D eigenvalue weighted by Gasteiger charge is -2.10. The molecule has 0 spiro atoms. The minimum absolute atomic E-state index is 0.0228. The summed E-state index contributed by atoms with van der Waals surface area (Å²) in [5.41, 5.74) is 8.36. The summed E-state index contributed by atoms with van der Waals surface area (Å²) in [6.45, 7) is 2.01. The van der Waals surface area contributed by atoms with E-state index in [4.69, 9.17) is 5.73 Å². The summed E-state index contributed by atoms with van der Waals surface area (Å²) in [6, 6.07) is 8.15. The van der Waals surface area contributed by atoms with Gasteiger partial charge < -0.3 is 5.73 Å². The fourth-order valence-corrected chi connectivity index (χ4v) is 2.44. The van der Waals surface area contributed by atoms with E-state index in [1.807, 2.05) is 31.2 Å². The number of halogens is 1. The molecule has 0 bridgehead atoms. The second-order valence-corrected chi connectivity index (χ2v) is 5.70. The Bertz CT molecular complexity index is 464. The molecule has 84 valence electrons. The van der Waals surface area contributed by atoms with E-state index in [0.717, 1.165) is 27.2 Å². The number of rotatable bonds is 3. The number of thiazole rings is 1. The zero-order valence-corrected chi connectivity index (χ0v) is 11.4. The van der Waals surface area contributed by atoms with E-state index < -0.39 is 0 Å². The van der Waals surface area contributed by atoms with Gasteiger partial charge in [0.1, 0.15) is 0 Å². The monoisotopic (exact) mass is 296 g/mol. The van der Waals surface area contributed by atoms with Crippen LogP contribution in [-0.2, 0) is 6.42 Å². The van der Waals surface area contributed by atoms with Crippen LogP contribution in [0.5, 0.6) is 0 Å². The molecule has 2 N–H and O–H groups in total. The molecule has 4 heteroatoms. The van der Waals surface area contributed by atoms with Crippen LogP contribution in [0.25, 0.3) is 0 Å². The highest BCUT2D eigenvalue weighted by atomic mass is 79.9. The Hall–Kier alpha value is -0.710. The summed E-state index contributed by atoms with van der Waals surface area (Å²) in [6.07, 6.45) is 0.798. The summed E-state index contributed by atoms with van der Waals surface area (Å²) in [7, 11) is 0. The number of benzene rings is 1. The molecule has 0 amide bonds. The highest BCUT2D eigenvalue weighted by Crippen LogP contribution is 2.19. The van der Waals surface area contributed by atoms with Crippen molar-refractivity contribution in [2.45, 2.75) is 19.4 Å². The van der Waals surface area contributed by atoms with Crippen LogP contribution >= 0.6 is 27.3 Å². The number of aryl methyl sites for hydroxylation is 1. The molecule has 0 saturated heterocycles. The molecule has 0 saturated carbocycles. The Labute approximate surface area is 108 Å². The van der Waals surface area contributed by atoms with Crippen molar-refractivity contribution in [3.05, 3.63) is 50.4 Å². The maximum atomic E-state index is 6.14. The quantitative estimate of drug-likeness (QED) is 0.942. The van der Waals surface area contributed by atoms with Crippen molar-refractivity contribution in [3.63, 3.8) is 0 Å². The fraction of sp³-hybridized carbons (Fsp3) is 0.250. The zero-order chi connectivity index (χ0) is 11.5. The maximum Gasteiger partial charge on any atom is 0.0897 e. The maximum absolute atomic E-state index is 6.14. The van der Waals surface area contributed by atoms with E-state index in [2.05, 4.69) is 26.3 Å². The molecule has 0 aliphatic carbocycles. The van der Waals surface area contributed by atoms with Gasteiger partial charge in [0.2, 0.25) is 0 Å². The van der Waals surface area contributed by atoms with Gasteiger partial charge in [-0.05, 0) is 24.6 Å². The van der Waals surface area contributed by atoms with Crippen molar-refractivity contribution < 1.29 is 0 Å². The summed E-state index contributed by atoms with van der Waals surface area (Å²) >= 11 is 5.08.